The van der Waals surface area contributed by atoms with Crippen molar-refractivity contribution in [2.45, 2.75) is 63.9 Å². The van der Waals surface area contributed by atoms with Crippen LogP contribution in [0.2, 0.25) is 0 Å². The van der Waals surface area contributed by atoms with Gasteiger partial charge < -0.3 is 23.7 Å². The third-order valence-electron chi connectivity index (χ3n) is 4.90. The molecule has 1 aromatic heterocycles. The first-order valence-corrected chi connectivity index (χ1v) is 9.84. The first-order valence-electron chi connectivity index (χ1n) is 9.84. The number of pyridine rings is 1. The predicted molar refractivity (Wildman–Crippen MR) is 97.3 cm³/mol. The molecule has 2 fully saturated rings. The minimum absolute atomic E-state index is 0.0652. The Labute approximate surface area is 156 Å². The van der Waals surface area contributed by atoms with E-state index in [1.165, 1.54) is 12.8 Å². The smallest absolute Gasteiger partial charge is 0.157 e. The number of aromatic nitrogens is 1. The van der Waals surface area contributed by atoms with Crippen LogP contribution in [-0.2, 0) is 31.8 Å². The summed E-state index contributed by atoms with van der Waals surface area (Å²) >= 11 is 0. The maximum atomic E-state index is 5.88. The van der Waals surface area contributed by atoms with Gasteiger partial charge >= 0.3 is 0 Å². The maximum Gasteiger partial charge on any atom is 0.157 e. The second-order valence-corrected chi connectivity index (χ2v) is 6.77. The summed E-state index contributed by atoms with van der Waals surface area (Å²) in [6.45, 7) is 2.80. The molecular formula is C20H31NO5. The number of nitrogens with zero attached hydrogens (tertiary/aromatic N) is 1. The molecule has 1 aromatic rings. The molecule has 2 unspecified atom stereocenters. The summed E-state index contributed by atoms with van der Waals surface area (Å²) in [5.41, 5.74) is 2.10. The molecule has 3 heterocycles. The van der Waals surface area contributed by atoms with E-state index in [0.29, 0.717) is 13.2 Å². The Morgan fingerprint density at radius 2 is 1.62 bits per heavy atom. The van der Waals surface area contributed by atoms with E-state index in [1.54, 1.807) is 13.3 Å². The second-order valence-electron chi connectivity index (χ2n) is 6.77. The van der Waals surface area contributed by atoms with Crippen molar-refractivity contribution in [3.63, 3.8) is 0 Å². The largest absolute Gasteiger partial charge is 0.496 e. The van der Waals surface area contributed by atoms with Gasteiger partial charge in [-0.05, 0) is 44.6 Å². The van der Waals surface area contributed by atoms with Crippen LogP contribution >= 0.6 is 0 Å². The molecule has 0 aromatic carbocycles. The third kappa shape index (κ3) is 5.91. The zero-order valence-electron chi connectivity index (χ0n) is 15.8. The SMILES string of the molecule is COc1ccnc(CCOC2CCCCO2)c1CCOC1CCCCO1. The van der Waals surface area contributed by atoms with Gasteiger partial charge in [-0.25, -0.2) is 0 Å². The molecule has 0 N–H and O–H groups in total. The van der Waals surface area contributed by atoms with Gasteiger partial charge in [0.15, 0.2) is 12.6 Å². The topological polar surface area (TPSA) is 59.0 Å². The van der Waals surface area contributed by atoms with Gasteiger partial charge in [0.2, 0.25) is 0 Å². The van der Waals surface area contributed by atoms with Gasteiger partial charge in [-0.3, -0.25) is 4.98 Å². The normalized spacial score (nSPS) is 23.7. The van der Waals surface area contributed by atoms with Crippen molar-refractivity contribution < 1.29 is 23.7 Å². The second kappa shape index (κ2) is 10.8. The van der Waals surface area contributed by atoms with Gasteiger partial charge in [0.1, 0.15) is 5.75 Å². The van der Waals surface area contributed by atoms with Crippen LogP contribution in [-0.4, -0.2) is 51.1 Å². The average Bonchev–Trinajstić information content (AvgIpc) is 2.70. The van der Waals surface area contributed by atoms with Crippen molar-refractivity contribution in [2.75, 3.05) is 33.5 Å². The lowest BCUT2D eigenvalue weighted by molar-refractivity contribution is -0.162. The van der Waals surface area contributed by atoms with Crippen molar-refractivity contribution >= 4 is 0 Å². The summed E-state index contributed by atoms with van der Waals surface area (Å²) in [6, 6.07) is 1.90. The van der Waals surface area contributed by atoms with Crippen molar-refractivity contribution in [3.8, 4) is 5.75 Å². The van der Waals surface area contributed by atoms with E-state index in [4.69, 9.17) is 23.7 Å². The molecule has 3 rings (SSSR count). The standard InChI is InChI=1S/C20H31NO5/c1-22-18-8-11-21-17(10-15-26-20-7-3-5-13-24-20)16(18)9-14-25-19-6-2-4-12-23-19/h8,11,19-20H,2-7,9-10,12-15H2,1H3. The fourth-order valence-electron chi connectivity index (χ4n) is 3.45. The third-order valence-corrected chi connectivity index (χ3v) is 4.90. The molecular weight excluding hydrogens is 334 g/mol. The van der Waals surface area contributed by atoms with Crippen LogP contribution in [0, 0.1) is 0 Å². The first kappa shape index (κ1) is 19.5. The zero-order chi connectivity index (χ0) is 18.0. The van der Waals surface area contributed by atoms with E-state index in [-0.39, 0.29) is 12.6 Å². The van der Waals surface area contributed by atoms with E-state index >= 15 is 0 Å². The fraction of sp³-hybridized carbons (Fsp3) is 0.750. The highest BCUT2D eigenvalue weighted by Gasteiger charge is 2.17. The molecule has 6 nitrogen and oxygen atoms in total. The Hall–Kier alpha value is -1.21. The number of methoxy groups -OCH3 is 1. The Bertz CT molecular complexity index is 527. The molecule has 2 saturated heterocycles. The lowest BCUT2D eigenvalue weighted by Gasteiger charge is -2.23. The molecule has 2 atom stereocenters. The minimum atomic E-state index is -0.0679. The van der Waals surface area contributed by atoms with Gasteiger partial charge in [-0.15, -0.1) is 0 Å². The first-order chi connectivity index (χ1) is 12.9. The lowest BCUT2D eigenvalue weighted by Crippen LogP contribution is -2.24. The van der Waals surface area contributed by atoms with Crippen molar-refractivity contribution in [3.05, 3.63) is 23.5 Å². The van der Waals surface area contributed by atoms with Crippen molar-refractivity contribution in [2.24, 2.45) is 0 Å². The maximum absolute atomic E-state index is 5.88. The number of hydrogen-bond acceptors (Lipinski definition) is 6. The molecule has 6 heteroatoms. The van der Waals surface area contributed by atoms with Crippen LogP contribution in [0.25, 0.3) is 0 Å². The Kier molecular flexibility index (Phi) is 8.14. The number of hydrogen-bond donors (Lipinski definition) is 0. The molecule has 0 amide bonds. The van der Waals surface area contributed by atoms with Crippen LogP contribution in [0.5, 0.6) is 5.75 Å². The number of ether oxygens (including phenoxy) is 5. The molecule has 2 aliphatic rings. The van der Waals surface area contributed by atoms with Gasteiger partial charge in [0, 0.05) is 43.5 Å². The zero-order valence-corrected chi connectivity index (χ0v) is 15.8. The van der Waals surface area contributed by atoms with Gasteiger partial charge in [0.05, 0.1) is 20.3 Å². The summed E-state index contributed by atoms with van der Waals surface area (Å²) in [5.74, 6) is 0.858. The van der Waals surface area contributed by atoms with Crippen LogP contribution in [0.1, 0.15) is 49.8 Å². The quantitative estimate of drug-likeness (QED) is 0.669. The van der Waals surface area contributed by atoms with Crippen LogP contribution in [0.3, 0.4) is 0 Å². The van der Waals surface area contributed by atoms with Gasteiger partial charge in [-0.1, -0.05) is 0 Å². The summed E-state index contributed by atoms with van der Waals surface area (Å²) in [5, 5.41) is 0. The lowest BCUT2D eigenvalue weighted by atomic mass is 10.1. The molecule has 0 bridgehead atoms. The predicted octanol–water partition coefficient (Wildman–Crippen LogP) is 3.26. The molecule has 146 valence electrons. The van der Waals surface area contributed by atoms with E-state index in [1.807, 2.05) is 6.07 Å². The fourth-order valence-corrected chi connectivity index (χ4v) is 3.45. The Morgan fingerprint density at radius 3 is 2.19 bits per heavy atom. The minimum Gasteiger partial charge on any atom is -0.496 e. The van der Waals surface area contributed by atoms with Crippen LogP contribution in [0.15, 0.2) is 12.3 Å². The van der Waals surface area contributed by atoms with E-state index in [0.717, 1.165) is 68.7 Å². The highest BCUT2D eigenvalue weighted by molar-refractivity contribution is 5.36. The molecule has 0 saturated carbocycles. The summed E-state index contributed by atoms with van der Waals surface area (Å²) in [7, 11) is 1.69. The summed E-state index contributed by atoms with van der Waals surface area (Å²) < 4.78 is 28.5. The van der Waals surface area contributed by atoms with Crippen molar-refractivity contribution in [1.82, 2.24) is 4.98 Å². The van der Waals surface area contributed by atoms with Gasteiger partial charge in [-0.2, -0.15) is 0 Å². The van der Waals surface area contributed by atoms with E-state index in [2.05, 4.69) is 4.98 Å². The highest BCUT2D eigenvalue weighted by atomic mass is 16.7. The molecule has 2 aliphatic heterocycles. The van der Waals surface area contributed by atoms with Crippen LogP contribution in [0.4, 0.5) is 0 Å². The average molecular weight is 365 g/mol. The van der Waals surface area contributed by atoms with E-state index < -0.39 is 0 Å². The highest BCUT2D eigenvalue weighted by Crippen LogP contribution is 2.23. The number of rotatable bonds is 9. The van der Waals surface area contributed by atoms with Crippen LogP contribution < -0.4 is 4.74 Å². The Morgan fingerprint density at radius 1 is 0.962 bits per heavy atom. The Balaban J connectivity index is 1.50. The molecule has 26 heavy (non-hydrogen) atoms. The molecule has 0 radical (unpaired) electrons. The summed E-state index contributed by atoms with van der Waals surface area (Å²) in [6.07, 6.45) is 9.72. The molecule has 0 aliphatic carbocycles. The monoisotopic (exact) mass is 365 g/mol. The van der Waals surface area contributed by atoms with Gasteiger partial charge in [0.25, 0.3) is 0 Å². The van der Waals surface area contributed by atoms with E-state index in [9.17, 15) is 0 Å². The van der Waals surface area contributed by atoms with Crippen molar-refractivity contribution in [1.29, 1.82) is 0 Å². The summed E-state index contributed by atoms with van der Waals surface area (Å²) in [4.78, 5) is 4.55. The molecule has 0 spiro atoms.